The van der Waals surface area contributed by atoms with E-state index in [-0.39, 0.29) is 12.1 Å². The summed E-state index contributed by atoms with van der Waals surface area (Å²) >= 11 is 0. The fraction of sp³-hybridized carbons (Fsp3) is 0.462. The van der Waals surface area contributed by atoms with E-state index in [1.165, 1.54) is 0 Å². The third kappa shape index (κ3) is 2.20. The number of rotatable bonds is 3. The molecule has 0 saturated carbocycles. The fourth-order valence-corrected chi connectivity index (χ4v) is 2.57. The van der Waals surface area contributed by atoms with Crippen LogP contribution in [0.25, 0.3) is 11.4 Å². The summed E-state index contributed by atoms with van der Waals surface area (Å²) in [6.07, 6.45) is 2.25. The lowest BCUT2D eigenvalue weighted by atomic mass is 10.1. The Morgan fingerprint density at radius 3 is 2.95 bits per heavy atom. The summed E-state index contributed by atoms with van der Waals surface area (Å²) in [5.41, 5.74) is 13.7. The average Bonchev–Trinajstić information content (AvgIpc) is 3.09. The molecule has 2 unspecified atom stereocenters. The van der Waals surface area contributed by atoms with E-state index in [0.717, 1.165) is 25.0 Å². The van der Waals surface area contributed by atoms with Crippen LogP contribution < -0.4 is 11.5 Å². The second-order valence-corrected chi connectivity index (χ2v) is 5.09. The molecular weight excluding hydrogens is 256 g/mol. The molecule has 1 aliphatic heterocycles. The summed E-state index contributed by atoms with van der Waals surface area (Å²) in [5, 5.41) is 12.0. The van der Waals surface area contributed by atoms with Gasteiger partial charge in [0.25, 0.3) is 0 Å². The number of ether oxygens (including phenoxy) is 1. The van der Waals surface area contributed by atoms with E-state index in [2.05, 4.69) is 22.4 Å². The number of nitrogen functional groups attached to an aromatic ring is 2. The van der Waals surface area contributed by atoms with Crippen LogP contribution in [0, 0.1) is 0 Å². The molecule has 2 aromatic rings. The number of tetrazole rings is 1. The molecule has 0 amide bonds. The molecule has 1 aromatic heterocycles. The van der Waals surface area contributed by atoms with E-state index < -0.39 is 0 Å². The van der Waals surface area contributed by atoms with Gasteiger partial charge in [0.15, 0.2) is 5.82 Å². The van der Waals surface area contributed by atoms with Crippen molar-refractivity contribution in [1.29, 1.82) is 0 Å². The van der Waals surface area contributed by atoms with Gasteiger partial charge in [0.05, 0.1) is 12.1 Å². The van der Waals surface area contributed by atoms with E-state index in [1.54, 1.807) is 16.8 Å². The molecule has 1 aliphatic rings. The molecule has 7 heteroatoms. The number of nitrogens with zero attached hydrogens (tertiary/aromatic N) is 4. The van der Waals surface area contributed by atoms with Gasteiger partial charge in [-0.1, -0.05) is 0 Å². The van der Waals surface area contributed by atoms with Crippen LogP contribution in [0.4, 0.5) is 11.4 Å². The summed E-state index contributed by atoms with van der Waals surface area (Å²) in [4.78, 5) is 0. The Morgan fingerprint density at radius 1 is 1.40 bits per heavy atom. The van der Waals surface area contributed by atoms with Crippen LogP contribution in [0.15, 0.2) is 18.2 Å². The average molecular weight is 274 g/mol. The van der Waals surface area contributed by atoms with Gasteiger partial charge in [-0.3, -0.25) is 0 Å². The Morgan fingerprint density at radius 2 is 2.25 bits per heavy atom. The first kappa shape index (κ1) is 12.9. The maximum atomic E-state index is 6.01. The molecule has 2 heterocycles. The number of hydrogen-bond acceptors (Lipinski definition) is 6. The van der Waals surface area contributed by atoms with Crippen LogP contribution in [0.5, 0.6) is 0 Å². The van der Waals surface area contributed by atoms with E-state index in [4.69, 9.17) is 16.2 Å². The van der Waals surface area contributed by atoms with Crippen LogP contribution in [-0.2, 0) is 4.74 Å². The van der Waals surface area contributed by atoms with Gasteiger partial charge in [0.2, 0.25) is 0 Å². The van der Waals surface area contributed by atoms with Crippen molar-refractivity contribution in [2.75, 3.05) is 18.1 Å². The molecule has 106 valence electrons. The summed E-state index contributed by atoms with van der Waals surface area (Å²) in [6, 6.07) is 5.42. The smallest absolute Gasteiger partial charge is 0.184 e. The molecule has 1 fully saturated rings. The van der Waals surface area contributed by atoms with Gasteiger partial charge in [-0.05, 0) is 48.4 Å². The summed E-state index contributed by atoms with van der Waals surface area (Å²) in [6.45, 7) is 2.86. The lowest BCUT2D eigenvalue weighted by molar-refractivity contribution is 0.0690. The van der Waals surface area contributed by atoms with Crippen LogP contribution >= 0.6 is 0 Å². The fourth-order valence-electron chi connectivity index (χ4n) is 2.57. The van der Waals surface area contributed by atoms with E-state index >= 15 is 0 Å². The molecule has 0 radical (unpaired) electrons. The van der Waals surface area contributed by atoms with E-state index in [9.17, 15) is 0 Å². The lowest BCUT2D eigenvalue weighted by Gasteiger charge is -2.19. The van der Waals surface area contributed by atoms with Crippen LogP contribution in [0.1, 0.15) is 25.8 Å². The molecule has 3 rings (SSSR count). The number of aromatic nitrogens is 4. The van der Waals surface area contributed by atoms with Crippen molar-refractivity contribution in [3.8, 4) is 11.4 Å². The SMILES string of the molecule is CC(C1CCCO1)n1nnnc1-c1ccc(N)cc1N. The van der Waals surface area contributed by atoms with Crippen molar-refractivity contribution >= 4 is 11.4 Å². The van der Waals surface area contributed by atoms with Crippen molar-refractivity contribution in [2.45, 2.75) is 31.9 Å². The molecule has 2 atom stereocenters. The standard InChI is InChI=1S/C13H18N6O/c1-8(12-3-2-6-20-12)19-13(16-17-18-19)10-5-4-9(14)7-11(10)15/h4-5,7-8,12H,2-3,6,14-15H2,1H3. The molecule has 1 saturated heterocycles. The first-order chi connectivity index (χ1) is 9.66. The second kappa shape index (κ2) is 5.09. The Bertz CT molecular complexity index is 605. The topological polar surface area (TPSA) is 105 Å². The highest BCUT2D eigenvalue weighted by molar-refractivity contribution is 5.74. The minimum atomic E-state index is 0.0689. The first-order valence-electron chi connectivity index (χ1n) is 6.71. The Hall–Kier alpha value is -2.15. The molecule has 0 bridgehead atoms. The van der Waals surface area contributed by atoms with Gasteiger partial charge in [-0.2, -0.15) is 0 Å². The summed E-state index contributed by atoms with van der Waals surface area (Å²) < 4.78 is 7.49. The van der Waals surface area contributed by atoms with Crippen molar-refractivity contribution in [2.24, 2.45) is 0 Å². The lowest BCUT2D eigenvalue weighted by Crippen LogP contribution is -2.22. The Balaban J connectivity index is 1.97. The zero-order valence-electron chi connectivity index (χ0n) is 11.4. The number of anilines is 2. The van der Waals surface area contributed by atoms with Gasteiger partial charge >= 0.3 is 0 Å². The minimum absolute atomic E-state index is 0.0689. The van der Waals surface area contributed by atoms with Crippen LogP contribution in [0.2, 0.25) is 0 Å². The normalized spacial score (nSPS) is 20.1. The van der Waals surface area contributed by atoms with Gasteiger partial charge in [0, 0.05) is 23.5 Å². The molecule has 20 heavy (non-hydrogen) atoms. The highest BCUT2D eigenvalue weighted by Gasteiger charge is 2.27. The largest absolute Gasteiger partial charge is 0.399 e. The molecule has 0 aliphatic carbocycles. The van der Waals surface area contributed by atoms with Crippen LogP contribution in [0.3, 0.4) is 0 Å². The first-order valence-corrected chi connectivity index (χ1v) is 6.71. The molecule has 1 aromatic carbocycles. The monoisotopic (exact) mass is 274 g/mol. The third-order valence-corrected chi connectivity index (χ3v) is 3.70. The predicted octanol–water partition coefficient (Wildman–Crippen LogP) is 1.24. The quantitative estimate of drug-likeness (QED) is 0.816. The maximum Gasteiger partial charge on any atom is 0.184 e. The van der Waals surface area contributed by atoms with Crippen molar-refractivity contribution in [1.82, 2.24) is 20.2 Å². The van der Waals surface area contributed by atoms with Gasteiger partial charge in [0.1, 0.15) is 0 Å². The Kier molecular flexibility index (Phi) is 3.27. The number of nitrogens with two attached hydrogens (primary N) is 2. The van der Waals surface area contributed by atoms with Crippen molar-refractivity contribution in [3.05, 3.63) is 18.2 Å². The van der Waals surface area contributed by atoms with Gasteiger partial charge in [-0.15, -0.1) is 5.10 Å². The molecule has 4 N–H and O–H groups in total. The van der Waals surface area contributed by atoms with E-state index in [0.29, 0.717) is 17.2 Å². The highest BCUT2D eigenvalue weighted by Crippen LogP contribution is 2.30. The molecule has 7 nitrogen and oxygen atoms in total. The molecule has 0 spiro atoms. The van der Waals surface area contributed by atoms with Crippen molar-refractivity contribution < 1.29 is 4.74 Å². The molecular formula is C13H18N6O. The summed E-state index contributed by atoms with van der Waals surface area (Å²) in [7, 11) is 0. The highest BCUT2D eigenvalue weighted by atomic mass is 16.5. The minimum Gasteiger partial charge on any atom is -0.399 e. The number of hydrogen-bond donors (Lipinski definition) is 2. The zero-order chi connectivity index (χ0) is 14.1. The zero-order valence-corrected chi connectivity index (χ0v) is 11.4. The number of benzene rings is 1. The summed E-state index contributed by atoms with van der Waals surface area (Å²) in [5.74, 6) is 0.644. The van der Waals surface area contributed by atoms with Gasteiger partial charge < -0.3 is 16.2 Å². The Labute approximate surface area is 116 Å². The second-order valence-electron chi connectivity index (χ2n) is 5.09. The maximum absolute atomic E-state index is 6.01. The van der Waals surface area contributed by atoms with Crippen LogP contribution in [-0.4, -0.2) is 32.9 Å². The van der Waals surface area contributed by atoms with Gasteiger partial charge in [-0.25, -0.2) is 4.68 Å². The third-order valence-electron chi connectivity index (χ3n) is 3.70. The predicted molar refractivity (Wildman–Crippen MR) is 75.8 cm³/mol. The van der Waals surface area contributed by atoms with E-state index in [1.807, 2.05) is 6.07 Å². The van der Waals surface area contributed by atoms with Crippen molar-refractivity contribution in [3.63, 3.8) is 0 Å².